The summed E-state index contributed by atoms with van der Waals surface area (Å²) in [6, 6.07) is 8.34. The molecule has 14 unspecified atom stereocenters. The second-order valence-electron chi connectivity index (χ2n) is 10.8. The van der Waals surface area contributed by atoms with Gasteiger partial charge < -0.3 is 69.3 Å². The largest absolute Gasteiger partial charge is 0.472 e. The number of fused-ring (bicyclic) bond motifs is 1. The van der Waals surface area contributed by atoms with Crippen molar-refractivity contribution in [2.75, 3.05) is 19.8 Å². The van der Waals surface area contributed by atoms with Crippen LogP contribution in [-0.2, 0) is 28.4 Å². The molecular weight excluding hydrogens is 576 g/mol. The van der Waals surface area contributed by atoms with E-state index in [2.05, 4.69) is 0 Å². The summed E-state index contributed by atoms with van der Waals surface area (Å²) in [5.74, 6) is -1.77. The molecule has 8 N–H and O–H groups in total. The van der Waals surface area contributed by atoms with Crippen molar-refractivity contribution in [1.29, 1.82) is 0 Å². The molecule has 1 aromatic rings. The SMILES string of the molecule is O=C(OCC1=CC(O)C2C=COC(OC3OC(COC4OC(CO)C(O)C(O)C4O)C(O)C(O)C3O)C12)c1ccccc1. The van der Waals surface area contributed by atoms with Gasteiger partial charge >= 0.3 is 5.97 Å². The van der Waals surface area contributed by atoms with E-state index in [-0.39, 0.29) is 6.61 Å². The number of carbonyl (C=O) groups excluding carboxylic acids is 1. The van der Waals surface area contributed by atoms with Gasteiger partial charge in [0.25, 0.3) is 0 Å². The fraction of sp³-hybridized carbons (Fsp3) is 0.607. The molecule has 0 saturated carbocycles. The predicted octanol–water partition coefficient (Wildman–Crippen LogP) is -3.11. The Morgan fingerprint density at radius 3 is 2.14 bits per heavy atom. The van der Waals surface area contributed by atoms with Crippen LogP contribution in [-0.4, -0.2) is 140 Å². The fourth-order valence-electron chi connectivity index (χ4n) is 5.55. The van der Waals surface area contributed by atoms with Gasteiger partial charge in [-0.3, -0.25) is 0 Å². The monoisotopic (exact) mass is 612 g/mol. The number of hydrogen-bond donors (Lipinski definition) is 8. The van der Waals surface area contributed by atoms with E-state index in [1.807, 2.05) is 0 Å². The molecule has 0 amide bonds. The number of aliphatic hydroxyl groups excluding tert-OH is 8. The first-order valence-corrected chi connectivity index (χ1v) is 13.8. The lowest BCUT2D eigenvalue weighted by atomic mass is 9.88. The number of esters is 1. The summed E-state index contributed by atoms with van der Waals surface area (Å²) < 4.78 is 33.4. The molecule has 15 heteroatoms. The van der Waals surface area contributed by atoms with Crippen LogP contribution in [0.1, 0.15) is 10.4 Å². The molecule has 5 rings (SSSR count). The zero-order chi connectivity index (χ0) is 30.8. The molecule has 2 saturated heterocycles. The van der Waals surface area contributed by atoms with E-state index in [4.69, 9.17) is 28.4 Å². The highest BCUT2D eigenvalue weighted by Crippen LogP contribution is 2.41. The molecular formula is C28H36O15. The zero-order valence-electron chi connectivity index (χ0n) is 22.8. The Morgan fingerprint density at radius 2 is 1.44 bits per heavy atom. The lowest BCUT2D eigenvalue weighted by Crippen LogP contribution is -2.62. The molecule has 0 radical (unpaired) electrons. The minimum Gasteiger partial charge on any atom is -0.472 e. The first kappa shape index (κ1) is 31.9. The van der Waals surface area contributed by atoms with Crippen molar-refractivity contribution in [1.82, 2.24) is 0 Å². The highest BCUT2D eigenvalue weighted by molar-refractivity contribution is 5.89. The first-order chi connectivity index (χ1) is 20.6. The van der Waals surface area contributed by atoms with Crippen LogP contribution in [0.5, 0.6) is 0 Å². The summed E-state index contributed by atoms with van der Waals surface area (Å²) in [5, 5.41) is 81.9. The number of rotatable bonds is 9. The van der Waals surface area contributed by atoms with Crippen LogP contribution in [0.2, 0.25) is 0 Å². The Balaban J connectivity index is 1.24. The molecule has 43 heavy (non-hydrogen) atoms. The van der Waals surface area contributed by atoms with Gasteiger partial charge in [0.05, 0.1) is 37.1 Å². The van der Waals surface area contributed by atoms with E-state index < -0.39 is 105 Å². The molecule has 0 aromatic heterocycles. The summed E-state index contributed by atoms with van der Waals surface area (Å²) in [7, 11) is 0. The second kappa shape index (κ2) is 13.6. The molecule has 0 bridgehead atoms. The van der Waals surface area contributed by atoms with Crippen LogP contribution in [0.4, 0.5) is 0 Å². The molecule has 0 spiro atoms. The van der Waals surface area contributed by atoms with Crippen LogP contribution in [0.15, 0.2) is 54.3 Å². The second-order valence-corrected chi connectivity index (χ2v) is 10.8. The smallest absolute Gasteiger partial charge is 0.338 e. The van der Waals surface area contributed by atoms with Crippen molar-refractivity contribution in [3.05, 3.63) is 59.9 Å². The van der Waals surface area contributed by atoms with E-state index in [0.29, 0.717) is 11.1 Å². The molecule has 238 valence electrons. The normalized spacial score (nSPS) is 42.6. The fourth-order valence-corrected chi connectivity index (χ4v) is 5.55. The summed E-state index contributed by atoms with van der Waals surface area (Å²) in [4.78, 5) is 12.5. The standard InChI is InChI=1S/C28H36O15/c29-9-16-19(31)21(33)23(35)27(41-16)40-11-17-20(32)22(34)24(36)28(42-17)43-26-18-13(8-15(30)14(18)6-7-38-26)10-39-25(37)12-4-2-1-3-5-12/h1-8,14-24,26-36H,9-11H2. The van der Waals surface area contributed by atoms with Gasteiger partial charge in [-0.1, -0.05) is 24.3 Å². The van der Waals surface area contributed by atoms with E-state index in [1.54, 1.807) is 36.4 Å². The maximum absolute atomic E-state index is 12.5. The molecule has 15 nitrogen and oxygen atoms in total. The van der Waals surface area contributed by atoms with Crippen LogP contribution >= 0.6 is 0 Å². The molecule has 3 heterocycles. The Kier molecular flexibility index (Phi) is 10.1. The van der Waals surface area contributed by atoms with Crippen LogP contribution < -0.4 is 0 Å². The summed E-state index contributed by atoms with van der Waals surface area (Å²) in [5.41, 5.74) is 0.832. The lowest BCUT2D eigenvalue weighted by molar-refractivity contribution is -0.352. The number of hydrogen-bond acceptors (Lipinski definition) is 15. The maximum Gasteiger partial charge on any atom is 0.338 e. The van der Waals surface area contributed by atoms with Crippen molar-refractivity contribution in [3.63, 3.8) is 0 Å². The molecule has 3 aliphatic heterocycles. The van der Waals surface area contributed by atoms with Gasteiger partial charge in [0, 0.05) is 5.92 Å². The van der Waals surface area contributed by atoms with Crippen LogP contribution in [0.25, 0.3) is 0 Å². The Hall–Kier alpha value is -2.51. The first-order valence-electron chi connectivity index (χ1n) is 13.8. The quantitative estimate of drug-likeness (QED) is 0.102. The van der Waals surface area contributed by atoms with Gasteiger partial charge in [-0.05, 0) is 23.8 Å². The number of benzene rings is 1. The van der Waals surface area contributed by atoms with Gasteiger partial charge in [-0.25, -0.2) is 4.79 Å². The Morgan fingerprint density at radius 1 is 0.791 bits per heavy atom. The summed E-state index contributed by atoms with van der Waals surface area (Å²) in [6.45, 7) is -1.40. The van der Waals surface area contributed by atoms with Gasteiger partial charge in [0.2, 0.25) is 6.29 Å². The number of carbonyl (C=O) groups is 1. The number of ether oxygens (including phenoxy) is 6. The highest BCUT2D eigenvalue weighted by Gasteiger charge is 2.50. The van der Waals surface area contributed by atoms with E-state index in [0.717, 1.165) is 0 Å². The highest BCUT2D eigenvalue weighted by atomic mass is 16.8. The summed E-state index contributed by atoms with van der Waals surface area (Å²) >= 11 is 0. The number of aliphatic hydroxyl groups is 8. The lowest BCUT2D eigenvalue weighted by Gasteiger charge is -2.44. The van der Waals surface area contributed by atoms with Gasteiger partial charge in [-0.15, -0.1) is 0 Å². The van der Waals surface area contributed by atoms with Crippen molar-refractivity contribution in [2.24, 2.45) is 11.8 Å². The van der Waals surface area contributed by atoms with Gasteiger partial charge in [0.15, 0.2) is 12.6 Å². The van der Waals surface area contributed by atoms with Gasteiger partial charge in [-0.2, -0.15) is 0 Å². The van der Waals surface area contributed by atoms with E-state index in [1.165, 1.54) is 12.3 Å². The van der Waals surface area contributed by atoms with E-state index in [9.17, 15) is 45.6 Å². The van der Waals surface area contributed by atoms with Crippen molar-refractivity contribution in [3.8, 4) is 0 Å². The van der Waals surface area contributed by atoms with Crippen molar-refractivity contribution >= 4 is 5.97 Å². The van der Waals surface area contributed by atoms with Crippen molar-refractivity contribution in [2.45, 2.75) is 73.8 Å². The van der Waals surface area contributed by atoms with Crippen LogP contribution in [0.3, 0.4) is 0 Å². The zero-order valence-corrected chi connectivity index (χ0v) is 22.8. The molecule has 14 atom stereocenters. The third kappa shape index (κ3) is 6.63. The van der Waals surface area contributed by atoms with Crippen LogP contribution in [0, 0.1) is 11.8 Å². The third-order valence-corrected chi connectivity index (χ3v) is 8.02. The summed E-state index contributed by atoms with van der Waals surface area (Å²) in [6.07, 6.45) is -13.6. The molecule has 2 fully saturated rings. The van der Waals surface area contributed by atoms with Crippen molar-refractivity contribution < 1.29 is 74.1 Å². The molecule has 4 aliphatic rings. The average Bonchev–Trinajstić information content (AvgIpc) is 3.35. The Labute approximate surface area is 245 Å². The molecule has 1 aliphatic carbocycles. The topological polar surface area (TPSA) is 234 Å². The predicted molar refractivity (Wildman–Crippen MR) is 139 cm³/mol. The average molecular weight is 613 g/mol. The Bertz CT molecular complexity index is 1140. The minimum atomic E-state index is -1.77. The minimum absolute atomic E-state index is 0.187. The van der Waals surface area contributed by atoms with Gasteiger partial charge in [0.1, 0.15) is 55.4 Å². The van der Waals surface area contributed by atoms with E-state index >= 15 is 0 Å². The molecule has 1 aromatic carbocycles. The third-order valence-electron chi connectivity index (χ3n) is 8.02. The maximum atomic E-state index is 12.5.